The van der Waals surface area contributed by atoms with Crippen molar-refractivity contribution >= 4 is 26.8 Å². The van der Waals surface area contributed by atoms with Crippen LogP contribution in [-0.4, -0.2) is 54.8 Å². The highest BCUT2D eigenvalue weighted by atomic mass is 32.2. The SMILES string of the molecule is CCN(CC(=O)N[C@@H]1CCS(=O)(=O)C1)Cc1nc2ccccc2o1. The monoisotopic (exact) mass is 351 g/mol. The molecule has 0 saturated carbocycles. The predicted octanol–water partition coefficient (Wildman–Crippen LogP) is 0.953. The highest BCUT2D eigenvalue weighted by molar-refractivity contribution is 7.91. The lowest BCUT2D eigenvalue weighted by atomic mass is 10.2. The molecule has 1 atom stereocenters. The standard InChI is InChI=1S/C16H21N3O4S/c1-2-19(9-15(20)17-12-7-8-24(21,22)11-12)10-16-18-13-5-3-4-6-14(13)23-16/h3-6,12H,2,7-11H2,1H3,(H,17,20)/t12-/m1/s1. The molecule has 130 valence electrons. The van der Waals surface area contributed by atoms with E-state index in [9.17, 15) is 13.2 Å². The Bertz CT molecular complexity index is 798. The van der Waals surface area contributed by atoms with Crippen LogP contribution in [0, 0.1) is 0 Å². The molecule has 1 aromatic carbocycles. The Morgan fingerprint density at radius 2 is 2.21 bits per heavy atom. The summed E-state index contributed by atoms with van der Waals surface area (Å²) in [7, 11) is -2.99. The number of likely N-dealkylation sites (N-methyl/N-ethyl adjacent to an activating group) is 1. The zero-order valence-corrected chi connectivity index (χ0v) is 14.4. The highest BCUT2D eigenvalue weighted by Crippen LogP contribution is 2.16. The van der Waals surface area contributed by atoms with Gasteiger partial charge in [0, 0.05) is 6.04 Å². The van der Waals surface area contributed by atoms with Gasteiger partial charge in [0.15, 0.2) is 15.4 Å². The summed E-state index contributed by atoms with van der Waals surface area (Å²) in [5, 5.41) is 2.80. The summed E-state index contributed by atoms with van der Waals surface area (Å²) < 4.78 is 28.6. The van der Waals surface area contributed by atoms with Crippen LogP contribution in [0.4, 0.5) is 0 Å². The van der Waals surface area contributed by atoms with E-state index in [-0.39, 0.29) is 30.0 Å². The largest absolute Gasteiger partial charge is 0.439 e. The predicted molar refractivity (Wildman–Crippen MR) is 90.2 cm³/mol. The Morgan fingerprint density at radius 3 is 2.88 bits per heavy atom. The Balaban J connectivity index is 1.57. The number of hydrogen-bond acceptors (Lipinski definition) is 6. The number of aromatic nitrogens is 1. The summed E-state index contributed by atoms with van der Waals surface area (Å²) in [6.45, 7) is 3.23. The third kappa shape index (κ3) is 4.12. The van der Waals surface area contributed by atoms with E-state index in [1.165, 1.54) is 0 Å². The van der Waals surface area contributed by atoms with E-state index in [1.807, 2.05) is 36.1 Å². The summed E-state index contributed by atoms with van der Waals surface area (Å²) in [4.78, 5) is 18.5. The smallest absolute Gasteiger partial charge is 0.234 e. The first-order valence-electron chi connectivity index (χ1n) is 8.02. The van der Waals surface area contributed by atoms with E-state index in [0.29, 0.717) is 25.4 Å². The maximum Gasteiger partial charge on any atom is 0.234 e. The molecule has 1 N–H and O–H groups in total. The normalized spacial score (nSPS) is 19.8. The molecule has 8 heteroatoms. The number of sulfone groups is 1. The Kier molecular flexibility index (Phi) is 4.86. The van der Waals surface area contributed by atoms with E-state index in [1.54, 1.807) is 0 Å². The number of benzene rings is 1. The van der Waals surface area contributed by atoms with Gasteiger partial charge in [0.2, 0.25) is 11.8 Å². The zero-order chi connectivity index (χ0) is 17.2. The number of carbonyl (C=O) groups is 1. The van der Waals surface area contributed by atoms with Crippen LogP contribution in [-0.2, 0) is 21.2 Å². The molecule has 2 heterocycles. The van der Waals surface area contributed by atoms with E-state index in [4.69, 9.17) is 4.42 Å². The molecular formula is C16H21N3O4S. The molecule has 3 rings (SSSR count). The van der Waals surface area contributed by atoms with Gasteiger partial charge in [0.25, 0.3) is 0 Å². The van der Waals surface area contributed by atoms with Crippen LogP contribution in [0.15, 0.2) is 28.7 Å². The van der Waals surface area contributed by atoms with Crippen molar-refractivity contribution in [3.05, 3.63) is 30.2 Å². The summed E-state index contributed by atoms with van der Waals surface area (Å²) in [5.41, 5.74) is 1.52. The van der Waals surface area contributed by atoms with Gasteiger partial charge in [0.05, 0.1) is 24.6 Å². The van der Waals surface area contributed by atoms with Gasteiger partial charge in [-0.15, -0.1) is 0 Å². The molecule has 0 spiro atoms. The van der Waals surface area contributed by atoms with Gasteiger partial charge < -0.3 is 9.73 Å². The molecule has 1 saturated heterocycles. The van der Waals surface area contributed by atoms with Crippen molar-refractivity contribution in [1.29, 1.82) is 0 Å². The van der Waals surface area contributed by atoms with Crippen molar-refractivity contribution < 1.29 is 17.6 Å². The molecule has 0 radical (unpaired) electrons. The molecule has 1 aromatic heterocycles. The number of rotatable bonds is 6. The van der Waals surface area contributed by atoms with Crippen molar-refractivity contribution in [3.8, 4) is 0 Å². The van der Waals surface area contributed by atoms with Crippen molar-refractivity contribution in [2.75, 3.05) is 24.6 Å². The number of hydrogen-bond donors (Lipinski definition) is 1. The fraction of sp³-hybridized carbons (Fsp3) is 0.500. The van der Waals surface area contributed by atoms with E-state index in [0.717, 1.165) is 11.1 Å². The summed E-state index contributed by atoms with van der Waals surface area (Å²) in [6.07, 6.45) is 0.491. The minimum absolute atomic E-state index is 0.0377. The minimum atomic E-state index is -2.99. The van der Waals surface area contributed by atoms with Gasteiger partial charge in [-0.2, -0.15) is 0 Å². The zero-order valence-electron chi connectivity index (χ0n) is 13.6. The lowest BCUT2D eigenvalue weighted by Gasteiger charge is -2.19. The number of nitrogens with one attached hydrogen (secondary N) is 1. The maximum atomic E-state index is 12.1. The van der Waals surface area contributed by atoms with E-state index >= 15 is 0 Å². The van der Waals surface area contributed by atoms with Crippen LogP contribution in [0.5, 0.6) is 0 Å². The molecular weight excluding hydrogens is 330 g/mol. The van der Waals surface area contributed by atoms with Crippen LogP contribution in [0.2, 0.25) is 0 Å². The second kappa shape index (κ2) is 6.90. The average Bonchev–Trinajstić information content (AvgIpc) is 3.08. The molecule has 2 aromatic rings. The first kappa shape index (κ1) is 16.9. The van der Waals surface area contributed by atoms with E-state index in [2.05, 4.69) is 10.3 Å². The third-order valence-corrected chi connectivity index (χ3v) is 5.88. The second-order valence-corrected chi connectivity index (χ2v) is 8.27. The Morgan fingerprint density at radius 1 is 1.42 bits per heavy atom. The first-order chi connectivity index (χ1) is 11.4. The lowest BCUT2D eigenvalue weighted by molar-refractivity contribution is -0.122. The van der Waals surface area contributed by atoms with Crippen LogP contribution in [0.3, 0.4) is 0 Å². The molecule has 0 unspecified atom stereocenters. The van der Waals surface area contributed by atoms with Gasteiger partial charge in [-0.3, -0.25) is 9.69 Å². The lowest BCUT2D eigenvalue weighted by Crippen LogP contribution is -2.42. The number of amides is 1. The quantitative estimate of drug-likeness (QED) is 0.833. The van der Waals surface area contributed by atoms with Gasteiger partial charge in [-0.05, 0) is 25.1 Å². The summed E-state index contributed by atoms with van der Waals surface area (Å²) >= 11 is 0. The van der Waals surface area contributed by atoms with Crippen molar-refractivity contribution in [2.45, 2.75) is 25.9 Å². The summed E-state index contributed by atoms with van der Waals surface area (Å²) in [6, 6.07) is 7.25. The van der Waals surface area contributed by atoms with Crippen molar-refractivity contribution in [1.82, 2.24) is 15.2 Å². The number of nitrogens with zero attached hydrogens (tertiary/aromatic N) is 2. The average molecular weight is 351 g/mol. The fourth-order valence-corrected chi connectivity index (χ4v) is 4.52. The number of carbonyl (C=O) groups excluding carboxylic acids is 1. The minimum Gasteiger partial charge on any atom is -0.439 e. The van der Waals surface area contributed by atoms with E-state index < -0.39 is 9.84 Å². The number of para-hydroxylation sites is 2. The van der Waals surface area contributed by atoms with Crippen LogP contribution in [0.25, 0.3) is 11.1 Å². The number of fused-ring (bicyclic) bond motifs is 1. The second-order valence-electron chi connectivity index (χ2n) is 6.05. The van der Waals surface area contributed by atoms with Gasteiger partial charge in [0.1, 0.15) is 5.52 Å². The molecule has 1 amide bonds. The summed E-state index contributed by atoms with van der Waals surface area (Å²) in [5.74, 6) is 0.582. The molecule has 0 aliphatic carbocycles. The Hall–Kier alpha value is -1.93. The Labute approximate surface area is 141 Å². The van der Waals surface area contributed by atoms with Gasteiger partial charge in [-0.25, -0.2) is 13.4 Å². The molecule has 1 fully saturated rings. The van der Waals surface area contributed by atoms with Crippen molar-refractivity contribution in [3.63, 3.8) is 0 Å². The number of oxazole rings is 1. The van der Waals surface area contributed by atoms with Crippen LogP contribution < -0.4 is 5.32 Å². The third-order valence-electron chi connectivity index (χ3n) is 4.11. The molecule has 1 aliphatic rings. The first-order valence-corrected chi connectivity index (χ1v) is 9.84. The molecule has 7 nitrogen and oxygen atoms in total. The van der Waals surface area contributed by atoms with Crippen molar-refractivity contribution in [2.24, 2.45) is 0 Å². The van der Waals surface area contributed by atoms with Crippen LogP contribution >= 0.6 is 0 Å². The molecule has 1 aliphatic heterocycles. The highest BCUT2D eigenvalue weighted by Gasteiger charge is 2.29. The topological polar surface area (TPSA) is 92.5 Å². The fourth-order valence-electron chi connectivity index (χ4n) is 2.84. The molecule has 0 bridgehead atoms. The van der Waals surface area contributed by atoms with Crippen LogP contribution in [0.1, 0.15) is 19.2 Å². The van der Waals surface area contributed by atoms with Gasteiger partial charge >= 0.3 is 0 Å². The molecule has 24 heavy (non-hydrogen) atoms. The van der Waals surface area contributed by atoms with Gasteiger partial charge in [-0.1, -0.05) is 19.1 Å². The maximum absolute atomic E-state index is 12.1.